The summed E-state index contributed by atoms with van der Waals surface area (Å²) in [6.45, 7) is 4.35. The Morgan fingerprint density at radius 3 is 3.06 bits per heavy atom. The fraction of sp³-hybridized carbons (Fsp3) is 0.400. The first-order valence-corrected chi connectivity index (χ1v) is 7.95. The molecule has 2 heterocycles. The van der Waals surface area contributed by atoms with Gasteiger partial charge in [0.15, 0.2) is 8.68 Å². The van der Waals surface area contributed by atoms with Crippen molar-refractivity contribution in [3.63, 3.8) is 0 Å². The Balaban J connectivity index is 1.63. The third-order valence-corrected chi connectivity index (χ3v) is 5.04. The molecule has 18 heavy (non-hydrogen) atoms. The molecule has 5 nitrogen and oxygen atoms in total. The van der Waals surface area contributed by atoms with Crippen molar-refractivity contribution < 1.29 is 0 Å². The van der Waals surface area contributed by atoms with Crippen LogP contribution in [0.5, 0.6) is 0 Å². The first-order chi connectivity index (χ1) is 8.85. The molecule has 1 saturated carbocycles. The Kier molecular flexibility index (Phi) is 3.57. The van der Waals surface area contributed by atoms with Crippen LogP contribution in [0.3, 0.4) is 0 Å². The molecule has 0 saturated heterocycles. The summed E-state index contributed by atoms with van der Waals surface area (Å²) < 4.78 is 6.20. The van der Waals surface area contributed by atoms with E-state index < -0.39 is 0 Å². The standard InChI is InChI=1S/C10H11N5S3/c1-2-5-11-8-13-14-10(16-8)17-9-12-7(15-18-9)6-3-4-6/h2,6H,1,3-5H2,(H,11,13). The summed E-state index contributed by atoms with van der Waals surface area (Å²) in [5, 5.41) is 12.1. The minimum absolute atomic E-state index is 0.606. The molecular formula is C10H11N5S3. The number of hydrogen-bond donors (Lipinski definition) is 1. The number of nitrogens with one attached hydrogen (secondary N) is 1. The normalized spacial score (nSPS) is 14.7. The molecule has 94 valence electrons. The number of hydrogen-bond acceptors (Lipinski definition) is 8. The van der Waals surface area contributed by atoms with E-state index in [2.05, 4.69) is 31.5 Å². The number of rotatable bonds is 6. The van der Waals surface area contributed by atoms with Gasteiger partial charge < -0.3 is 5.32 Å². The highest BCUT2D eigenvalue weighted by Crippen LogP contribution is 2.41. The van der Waals surface area contributed by atoms with Crippen LogP contribution in [-0.2, 0) is 0 Å². The van der Waals surface area contributed by atoms with E-state index in [-0.39, 0.29) is 0 Å². The van der Waals surface area contributed by atoms with Crippen LogP contribution in [0, 0.1) is 0 Å². The minimum atomic E-state index is 0.606. The van der Waals surface area contributed by atoms with E-state index in [0.717, 1.165) is 19.6 Å². The number of anilines is 1. The first kappa shape index (κ1) is 12.1. The smallest absolute Gasteiger partial charge is 0.206 e. The molecule has 0 aromatic carbocycles. The highest BCUT2D eigenvalue weighted by molar-refractivity contribution is 8.02. The van der Waals surface area contributed by atoms with Crippen LogP contribution in [0.4, 0.5) is 5.13 Å². The second kappa shape index (κ2) is 5.33. The maximum absolute atomic E-state index is 4.51. The van der Waals surface area contributed by atoms with E-state index in [1.54, 1.807) is 6.08 Å². The van der Waals surface area contributed by atoms with Gasteiger partial charge in [-0.15, -0.1) is 16.8 Å². The first-order valence-electron chi connectivity index (χ1n) is 5.55. The van der Waals surface area contributed by atoms with Gasteiger partial charge in [0.2, 0.25) is 5.13 Å². The van der Waals surface area contributed by atoms with E-state index in [0.29, 0.717) is 12.5 Å². The Bertz CT molecular complexity index is 545. The molecule has 1 fully saturated rings. The molecule has 8 heteroatoms. The molecule has 0 aliphatic heterocycles. The zero-order chi connectivity index (χ0) is 12.4. The van der Waals surface area contributed by atoms with Gasteiger partial charge >= 0.3 is 0 Å². The van der Waals surface area contributed by atoms with E-state index in [1.165, 1.54) is 47.5 Å². The third kappa shape index (κ3) is 2.88. The Hall–Kier alpha value is -0.990. The molecule has 3 rings (SSSR count). The van der Waals surface area contributed by atoms with Gasteiger partial charge in [-0.2, -0.15) is 4.37 Å². The van der Waals surface area contributed by atoms with Crippen LogP contribution in [0.15, 0.2) is 21.3 Å². The molecule has 0 unspecified atom stereocenters. The lowest BCUT2D eigenvalue weighted by Crippen LogP contribution is -1.96. The zero-order valence-electron chi connectivity index (χ0n) is 9.50. The largest absolute Gasteiger partial charge is 0.357 e. The quantitative estimate of drug-likeness (QED) is 0.827. The van der Waals surface area contributed by atoms with Crippen molar-refractivity contribution in [1.82, 2.24) is 19.6 Å². The molecule has 1 aliphatic rings. The molecular weight excluding hydrogens is 286 g/mol. The molecule has 0 radical (unpaired) electrons. The van der Waals surface area contributed by atoms with Crippen molar-refractivity contribution in [2.75, 3.05) is 11.9 Å². The zero-order valence-corrected chi connectivity index (χ0v) is 11.9. The van der Waals surface area contributed by atoms with Crippen molar-refractivity contribution in [1.29, 1.82) is 0 Å². The maximum atomic E-state index is 4.51. The van der Waals surface area contributed by atoms with Gasteiger partial charge in [-0.25, -0.2) is 4.98 Å². The molecule has 1 aliphatic carbocycles. The topological polar surface area (TPSA) is 63.6 Å². The van der Waals surface area contributed by atoms with Crippen LogP contribution in [-0.4, -0.2) is 26.1 Å². The number of aromatic nitrogens is 4. The summed E-state index contributed by atoms with van der Waals surface area (Å²) in [5.74, 6) is 1.60. The van der Waals surface area contributed by atoms with Crippen molar-refractivity contribution in [3.05, 3.63) is 18.5 Å². The van der Waals surface area contributed by atoms with Crippen molar-refractivity contribution in [3.8, 4) is 0 Å². The summed E-state index contributed by atoms with van der Waals surface area (Å²) in [7, 11) is 0. The van der Waals surface area contributed by atoms with Crippen LogP contribution in [0.25, 0.3) is 0 Å². The van der Waals surface area contributed by atoms with Gasteiger partial charge in [0.25, 0.3) is 0 Å². The van der Waals surface area contributed by atoms with Crippen LogP contribution in [0.2, 0.25) is 0 Å². The predicted molar refractivity (Wildman–Crippen MR) is 74.6 cm³/mol. The summed E-state index contributed by atoms with van der Waals surface area (Å²) in [6, 6.07) is 0. The second-order valence-corrected chi connectivity index (χ2v) is 7.06. The summed E-state index contributed by atoms with van der Waals surface area (Å²) in [4.78, 5) is 4.51. The van der Waals surface area contributed by atoms with Crippen molar-refractivity contribution >= 4 is 39.8 Å². The minimum Gasteiger partial charge on any atom is -0.357 e. The van der Waals surface area contributed by atoms with Gasteiger partial charge in [-0.05, 0) is 36.1 Å². The lowest BCUT2D eigenvalue weighted by atomic mass is 10.4. The fourth-order valence-electron chi connectivity index (χ4n) is 1.33. The molecule has 2 aromatic rings. The van der Waals surface area contributed by atoms with E-state index >= 15 is 0 Å². The Morgan fingerprint density at radius 2 is 2.28 bits per heavy atom. The highest BCUT2D eigenvalue weighted by Gasteiger charge is 2.28. The molecule has 1 N–H and O–H groups in total. The van der Waals surface area contributed by atoms with Crippen molar-refractivity contribution in [2.45, 2.75) is 27.4 Å². The van der Waals surface area contributed by atoms with Crippen LogP contribution >= 0.6 is 34.6 Å². The van der Waals surface area contributed by atoms with Gasteiger partial charge in [-0.1, -0.05) is 17.4 Å². The lowest BCUT2D eigenvalue weighted by Gasteiger charge is -1.92. The molecule has 0 atom stereocenters. The van der Waals surface area contributed by atoms with Gasteiger partial charge in [-0.3, -0.25) is 0 Å². The Labute approximate surface area is 117 Å². The van der Waals surface area contributed by atoms with Gasteiger partial charge in [0, 0.05) is 12.5 Å². The molecule has 2 aromatic heterocycles. The van der Waals surface area contributed by atoms with E-state index in [9.17, 15) is 0 Å². The van der Waals surface area contributed by atoms with Crippen molar-refractivity contribution in [2.24, 2.45) is 0 Å². The molecule has 0 bridgehead atoms. The SMILES string of the molecule is C=CCNc1nnc(Sc2nc(C3CC3)ns2)s1. The summed E-state index contributed by atoms with van der Waals surface area (Å²) in [6.07, 6.45) is 4.26. The van der Waals surface area contributed by atoms with Gasteiger partial charge in [0.05, 0.1) is 0 Å². The average Bonchev–Trinajstić information content (AvgIpc) is 2.96. The van der Waals surface area contributed by atoms with Gasteiger partial charge in [0.1, 0.15) is 5.82 Å². The molecule has 0 spiro atoms. The van der Waals surface area contributed by atoms with Crippen LogP contribution < -0.4 is 5.32 Å². The van der Waals surface area contributed by atoms with E-state index in [1.807, 2.05) is 0 Å². The van der Waals surface area contributed by atoms with Crippen LogP contribution in [0.1, 0.15) is 24.6 Å². The second-order valence-electron chi connectivity index (χ2n) is 3.84. The predicted octanol–water partition coefficient (Wildman–Crippen LogP) is 3.02. The molecule has 0 amide bonds. The maximum Gasteiger partial charge on any atom is 0.206 e. The summed E-state index contributed by atoms with van der Waals surface area (Å²) in [5.41, 5.74) is 0. The third-order valence-electron chi connectivity index (χ3n) is 2.34. The number of nitrogens with zero attached hydrogens (tertiary/aromatic N) is 4. The lowest BCUT2D eigenvalue weighted by molar-refractivity contribution is 0.956. The summed E-state index contributed by atoms with van der Waals surface area (Å²) >= 11 is 4.50. The Morgan fingerprint density at radius 1 is 1.39 bits per heavy atom. The van der Waals surface area contributed by atoms with E-state index in [4.69, 9.17) is 0 Å². The fourth-order valence-corrected chi connectivity index (χ4v) is 3.97. The monoisotopic (exact) mass is 297 g/mol. The average molecular weight is 297 g/mol. The highest BCUT2D eigenvalue weighted by atomic mass is 32.2.